The van der Waals surface area contributed by atoms with Crippen molar-refractivity contribution in [3.8, 4) is 0 Å². The molecule has 0 aliphatic carbocycles. The molecule has 13 heavy (non-hydrogen) atoms. The monoisotopic (exact) mass is 186 g/mol. The van der Waals surface area contributed by atoms with Crippen molar-refractivity contribution in [2.45, 2.75) is 25.7 Å². The van der Waals surface area contributed by atoms with E-state index < -0.39 is 17.9 Å². The first-order chi connectivity index (χ1) is 6.07. The van der Waals surface area contributed by atoms with E-state index in [4.69, 9.17) is 10.2 Å². The molecule has 0 aromatic heterocycles. The second kappa shape index (κ2) is 6.22. The van der Waals surface area contributed by atoms with Crippen LogP contribution in [0.2, 0.25) is 0 Å². The van der Waals surface area contributed by atoms with E-state index in [0.717, 1.165) is 6.42 Å². The second-order valence-electron chi connectivity index (χ2n) is 2.85. The van der Waals surface area contributed by atoms with Crippen LogP contribution in [0.4, 0.5) is 0 Å². The minimum atomic E-state index is -1.06. The van der Waals surface area contributed by atoms with Gasteiger partial charge in [-0.25, -0.2) is 0 Å². The Bertz CT molecular complexity index is 198. The molecule has 0 bridgehead atoms. The highest BCUT2D eigenvalue weighted by Gasteiger charge is 2.19. The Hall–Kier alpha value is -1.32. The Labute approximate surface area is 76.9 Å². The van der Waals surface area contributed by atoms with Crippen LogP contribution in [0.15, 0.2) is 12.7 Å². The van der Waals surface area contributed by atoms with Crippen LogP contribution in [-0.4, -0.2) is 22.2 Å². The predicted molar refractivity (Wildman–Crippen MR) is 47.4 cm³/mol. The number of hydrogen-bond donors (Lipinski definition) is 2. The molecule has 4 nitrogen and oxygen atoms in total. The Morgan fingerprint density at radius 2 is 2.00 bits per heavy atom. The maximum absolute atomic E-state index is 10.5. The smallest absolute Gasteiger partial charge is 0.307 e. The number of rotatable bonds is 7. The molecule has 0 saturated carbocycles. The van der Waals surface area contributed by atoms with Crippen LogP contribution in [-0.2, 0) is 9.59 Å². The predicted octanol–water partition coefficient (Wildman–Crippen LogP) is 1.52. The van der Waals surface area contributed by atoms with Crippen LogP contribution < -0.4 is 0 Å². The van der Waals surface area contributed by atoms with Crippen LogP contribution >= 0.6 is 0 Å². The molecule has 0 aliphatic heterocycles. The fraction of sp³-hybridized carbons (Fsp3) is 0.556. The minimum Gasteiger partial charge on any atom is -0.481 e. The average molecular weight is 186 g/mol. The summed E-state index contributed by atoms with van der Waals surface area (Å²) in [6, 6.07) is 0. The van der Waals surface area contributed by atoms with E-state index >= 15 is 0 Å². The summed E-state index contributed by atoms with van der Waals surface area (Å²) in [5, 5.41) is 17.0. The van der Waals surface area contributed by atoms with Crippen LogP contribution in [0.1, 0.15) is 25.7 Å². The Morgan fingerprint density at radius 1 is 1.38 bits per heavy atom. The molecule has 4 heteroatoms. The quantitative estimate of drug-likeness (QED) is 0.467. The summed E-state index contributed by atoms with van der Waals surface area (Å²) in [6.45, 7) is 3.50. The molecule has 0 heterocycles. The number of hydrogen-bond acceptors (Lipinski definition) is 2. The third-order valence-electron chi connectivity index (χ3n) is 1.73. The molecule has 0 aromatic rings. The van der Waals surface area contributed by atoms with E-state index in [1.807, 2.05) is 0 Å². The van der Waals surface area contributed by atoms with Crippen molar-refractivity contribution in [3.05, 3.63) is 12.7 Å². The van der Waals surface area contributed by atoms with Gasteiger partial charge in [0, 0.05) is 0 Å². The number of allylic oxidation sites excluding steroid dienone is 1. The summed E-state index contributed by atoms with van der Waals surface area (Å²) >= 11 is 0. The maximum atomic E-state index is 10.5. The van der Waals surface area contributed by atoms with Gasteiger partial charge in [0.25, 0.3) is 0 Å². The van der Waals surface area contributed by atoms with Gasteiger partial charge >= 0.3 is 11.9 Å². The number of aliphatic carboxylic acids is 2. The van der Waals surface area contributed by atoms with Gasteiger partial charge in [0.05, 0.1) is 12.3 Å². The third-order valence-corrected chi connectivity index (χ3v) is 1.73. The molecule has 0 fully saturated rings. The van der Waals surface area contributed by atoms with Gasteiger partial charge in [-0.15, -0.1) is 6.58 Å². The van der Waals surface area contributed by atoms with Crippen molar-refractivity contribution < 1.29 is 19.8 Å². The molecule has 0 saturated heterocycles. The Balaban J connectivity index is 3.87. The van der Waals surface area contributed by atoms with Crippen LogP contribution in [0.3, 0.4) is 0 Å². The topological polar surface area (TPSA) is 74.6 Å². The standard InChI is InChI=1S/C9H14O4/c1-2-3-4-5-7(9(12)13)6-8(10)11/h2,7H,1,3-6H2,(H,10,11)(H,12,13)/t7-/m1/s1. The molecule has 0 rings (SSSR count). The van der Waals surface area contributed by atoms with Crippen molar-refractivity contribution in [1.29, 1.82) is 0 Å². The molecule has 2 N–H and O–H groups in total. The molecule has 1 atom stereocenters. The van der Waals surface area contributed by atoms with Gasteiger partial charge in [-0.1, -0.05) is 6.08 Å². The van der Waals surface area contributed by atoms with Crippen molar-refractivity contribution in [3.63, 3.8) is 0 Å². The first kappa shape index (κ1) is 11.7. The van der Waals surface area contributed by atoms with Crippen LogP contribution in [0.5, 0.6) is 0 Å². The summed E-state index contributed by atoms with van der Waals surface area (Å²) in [4.78, 5) is 20.8. The number of carboxylic acids is 2. The van der Waals surface area contributed by atoms with Crippen molar-refractivity contribution in [2.75, 3.05) is 0 Å². The molecule has 0 unspecified atom stereocenters. The molecule has 0 radical (unpaired) electrons. The van der Waals surface area contributed by atoms with Gasteiger partial charge in [0.1, 0.15) is 0 Å². The SMILES string of the molecule is C=CCCC[C@H](CC(=O)O)C(=O)O. The van der Waals surface area contributed by atoms with Crippen LogP contribution in [0, 0.1) is 5.92 Å². The lowest BCUT2D eigenvalue weighted by atomic mass is 9.99. The van der Waals surface area contributed by atoms with Gasteiger partial charge in [0.2, 0.25) is 0 Å². The van der Waals surface area contributed by atoms with Gasteiger partial charge in [0.15, 0.2) is 0 Å². The van der Waals surface area contributed by atoms with Crippen LogP contribution in [0.25, 0.3) is 0 Å². The normalized spacial score (nSPS) is 12.0. The van der Waals surface area contributed by atoms with Crippen molar-refractivity contribution >= 4 is 11.9 Å². The van der Waals surface area contributed by atoms with Gasteiger partial charge in [-0.2, -0.15) is 0 Å². The lowest BCUT2D eigenvalue weighted by Crippen LogP contribution is -2.17. The first-order valence-corrected chi connectivity index (χ1v) is 4.13. The van der Waals surface area contributed by atoms with Crippen molar-refractivity contribution in [2.24, 2.45) is 5.92 Å². The summed E-state index contributed by atoms with van der Waals surface area (Å²) in [6.07, 6.45) is 3.19. The average Bonchev–Trinajstić information content (AvgIpc) is 2.02. The molecular weight excluding hydrogens is 172 g/mol. The lowest BCUT2D eigenvalue weighted by molar-refractivity contribution is -0.148. The Kier molecular flexibility index (Phi) is 5.59. The van der Waals surface area contributed by atoms with E-state index in [9.17, 15) is 9.59 Å². The molecule has 0 amide bonds. The van der Waals surface area contributed by atoms with E-state index in [1.54, 1.807) is 6.08 Å². The number of carboxylic acid groups (broad SMARTS) is 2. The number of carbonyl (C=O) groups is 2. The molecule has 74 valence electrons. The van der Waals surface area contributed by atoms with Gasteiger partial charge in [-0.05, 0) is 19.3 Å². The summed E-state index contributed by atoms with van der Waals surface area (Å²) in [7, 11) is 0. The van der Waals surface area contributed by atoms with Gasteiger partial charge < -0.3 is 10.2 Å². The van der Waals surface area contributed by atoms with E-state index in [1.165, 1.54) is 0 Å². The van der Waals surface area contributed by atoms with E-state index in [0.29, 0.717) is 12.8 Å². The zero-order valence-corrected chi connectivity index (χ0v) is 7.40. The largest absolute Gasteiger partial charge is 0.481 e. The van der Waals surface area contributed by atoms with Crippen molar-refractivity contribution in [1.82, 2.24) is 0 Å². The maximum Gasteiger partial charge on any atom is 0.307 e. The summed E-state index contributed by atoms with van der Waals surface area (Å²) in [5.41, 5.74) is 0. The molecule has 0 aliphatic rings. The summed E-state index contributed by atoms with van der Waals surface area (Å²) < 4.78 is 0. The fourth-order valence-corrected chi connectivity index (χ4v) is 1.03. The zero-order valence-electron chi connectivity index (χ0n) is 7.40. The second-order valence-corrected chi connectivity index (χ2v) is 2.85. The highest BCUT2D eigenvalue weighted by atomic mass is 16.4. The first-order valence-electron chi connectivity index (χ1n) is 4.13. The van der Waals surface area contributed by atoms with Gasteiger partial charge in [-0.3, -0.25) is 9.59 Å². The van der Waals surface area contributed by atoms with E-state index in [-0.39, 0.29) is 6.42 Å². The Morgan fingerprint density at radius 3 is 2.38 bits per heavy atom. The zero-order chi connectivity index (χ0) is 10.3. The lowest BCUT2D eigenvalue weighted by Gasteiger charge is -2.07. The highest BCUT2D eigenvalue weighted by Crippen LogP contribution is 2.13. The molecular formula is C9H14O4. The minimum absolute atomic E-state index is 0.299. The number of unbranched alkanes of at least 4 members (excludes halogenated alkanes) is 1. The summed E-state index contributed by atoms with van der Waals surface area (Å²) in [5.74, 6) is -2.87. The third kappa shape index (κ3) is 5.90. The van der Waals surface area contributed by atoms with E-state index in [2.05, 4.69) is 6.58 Å². The molecule has 0 spiro atoms. The fourth-order valence-electron chi connectivity index (χ4n) is 1.03. The molecule has 0 aromatic carbocycles. The highest BCUT2D eigenvalue weighted by molar-refractivity contribution is 5.77.